The summed E-state index contributed by atoms with van der Waals surface area (Å²) in [5, 5.41) is 3.51. The summed E-state index contributed by atoms with van der Waals surface area (Å²) >= 11 is 0. The lowest BCUT2D eigenvalue weighted by molar-refractivity contribution is 0.112. The van der Waals surface area contributed by atoms with Crippen LogP contribution in [0.5, 0.6) is 0 Å². The zero-order chi connectivity index (χ0) is 11.4. The molecule has 0 unspecified atom stereocenters. The van der Waals surface area contributed by atoms with Crippen molar-refractivity contribution in [1.29, 1.82) is 0 Å². The van der Waals surface area contributed by atoms with Crippen molar-refractivity contribution in [3.05, 3.63) is 29.8 Å². The summed E-state index contributed by atoms with van der Waals surface area (Å²) in [7, 11) is 2.16. The van der Waals surface area contributed by atoms with E-state index < -0.39 is 0 Å². The van der Waals surface area contributed by atoms with Gasteiger partial charge in [-0.25, -0.2) is 0 Å². The molecule has 0 amide bonds. The van der Waals surface area contributed by atoms with Crippen molar-refractivity contribution in [2.75, 3.05) is 25.5 Å². The molecule has 86 valence electrons. The summed E-state index contributed by atoms with van der Waals surface area (Å²) in [6.07, 6.45) is 3.25. The van der Waals surface area contributed by atoms with Crippen molar-refractivity contribution in [3.63, 3.8) is 0 Å². The molecule has 0 bridgehead atoms. The van der Waals surface area contributed by atoms with Crippen LogP contribution < -0.4 is 5.32 Å². The second-order valence-electron chi connectivity index (χ2n) is 4.46. The molecule has 0 aliphatic carbocycles. The lowest BCUT2D eigenvalue weighted by Gasteiger charge is -2.30. The van der Waals surface area contributed by atoms with Crippen LogP contribution in [-0.4, -0.2) is 37.4 Å². The van der Waals surface area contributed by atoms with Gasteiger partial charge >= 0.3 is 0 Å². The minimum absolute atomic E-state index is 0.568. The Kier molecular flexibility index (Phi) is 3.57. The fraction of sp³-hybridized carbons (Fsp3) is 0.462. The molecule has 1 saturated heterocycles. The number of rotatable bonds is 3. The van der Waals surface area contributed by atoms with Gasteiger partial charge in [-0.3, -0.25) is 4.79 Å². The van der Waals surface area contributed by atoms with E-state index in [2.05, 4.69) is 17.3 Å². The van der Waals surface area contributed by atoms with E-state index >= 15 is 0 Å². The summed E-state index contributed by atoms with van der Waals surface area (Å²) in [5.74, 6) is 0. The summed E-state index contributed by atoms with van der Waals surface area (Å²) in [6, 6.07) is 8.22. The molecule has 1 aromatic carbocycles. The van der Waals surface area contributed by atoms with Gasteiger partial charge in [-0.2, -0.15) is 0 Å². The first-order valence-corrected chi connectivity index (χ1v) is 5.78. The normalized spacial score (nSPS) is 18.3. The minimum atomic E-state index is 0.568. The van der Waals surface area contributed by atoms with E-state index in [0.717, 1.165) is 30.6 Å². The molecule has 0 spiro atoms. The van der Waals surface area contributed by atoms with Gasteiger partial charge < -0.3 is 10.2 Å². The Morgan fingerprint density at radius 2 is 1.88 bits per heavy atom. The van der Waals surface area contributed by atoms with Gasteiger partial charge in [0.05, 0.1) is 0 Å². The van der Waals surface area contributed by atoms with E-state index in [1.807, 2.05) is 24.3 Å². The highest BCUT2D eigenvalue weighted by atomic mass is 16.1. The molecule has 3 heteroatoms. The summed E-state index contributed by atoms with van der Waals surface area (Å²) < 4.78 is 0. The van der Waals surface area contributed by atoms with E-state index in [1.165, 1.54) is 12.8 Å². The molecule has 1 N–H and O–H groups in total. The third-order valence-electron chi connectivity index (χ3n) is 3.14. The number of hydrogen-bond acceptors (Lipinski definition) is 3. The van der Waals surface area contributed by atoms with Gasteiger partial charge in [-0.15, -0.1) is 0 Å². The Morgan fingerprint density at radius 1 is 1.25 bits per heavy atom. The van der Waals surface area contributed by atoms with Crippen molar-refractivity contribution in [3.8, 4) is 0 Å². The zero-order valence-electron chi connectivity index (χ0n) is 9.65. The van der Waals surface area contributed by atoms with Gasteiger partial charge in [0.1, 0.15) is 6.29 Å². The zero-order valence-corrected chi connectivity index (χ0v) is 9.65. The Bertz CT molecular complexity index is 339. The van der Waals surface area contributed by atoms with Crippen molar-refractivity contribution < 1.29 is 4.79 Å². The number of piperidine rings is 1. The maximum Gasteiger partial charge on any atom is 0.150 e. The molecule has 16 heavy (non-hydrogen) atoms. The standard InChI is InChI=1S/C13H18N2O/c1-15-8-6-13(7-9-15)14-12-4-2-11(10-16)3-5-12/h2-5,10,13-14H,6-9H2,1H3. The maximum atomic E-state index is 10.5. The second-order valence-corrected chi connectivity index (χ2v) is 4.46. The third kappa shape index (κ3) is 2.83. The molecule has 0 radical (unpaired) electrons. The van der Waals surface area contributed by atoms with Gasteiger partial charge in [-0.05, 0) is 57.2 Å². The number of likely N-dealkylation sites (tertiary alicyclic amines) is 1. The van der Waals surface area contributed by atoms with Crippen LogP contribution in [0.15, 0.2) is 24.3 Å². The summed E-state index contributed by atoms with van der Waals surface area (Å²) in [4.78, 5) is 12.9. The van der Waals surface area contributed by atoms with Gasteiger partial charge in [0.2, 0.25) is 0 Å². The molecule has 1 aliphatic heterocycles. The van der Waals surface area contributed by atoms with Crippen molar-refractivity contribution in [2.45, 2.75) is 18.9 Å². The quantitative estimate of drug-likeness (QED) is 0.788. The second kappa shape index (κ2) is 5.12. The average Bonchev–Trinajstić information content (AvgIpc) is 2.33. The van der Waals surface area contributed by atoms with Crippen molar-refractivity contribution in [1.82, 2.24) is 4.90 Å². The van der Waals surface area contributed by atoms with Crippen LogP contribution in [-0.2, 0) is 0 Å². The Labute approximate surface area is 96.5 Å². The molecule has 1 heterocycles. The Hall–Kier alpha value is -1.35. The molecule has 0 atom stereocenters. The molecule has 1 aliphatic rings. The number of nitrogens with zero attached hydrogens (tertiary/aromatic N) is 1. The lowest BCUT2D eigenvalue weighted by atomic mass is 10.1. The van der Waals surface area contributed by atoms with E-state index in [4.69, 9.17) is 0 Å². The highest BCUT2D eigenvalue weighted by Gasteiger charge is 2.15. The molecule has 3 nitrogen and oxygen atoms in total. The minimum Gasteiger partial charge on any atom is -0.382 e. The van der Waals surface area contributed by atoms with Gasteiger partial charge in [-0.1, -0.05) is 0 Å². The van der Waals surface area contributed by atoms with Crippen LogP contribution in [0.3, 0.4) is 0 Å². The van der Waals surface area contributed by atoms with Crippen LogP contribution in [0, 0.1) is 0 Å². The SMILES string of the molecule is CN1CCC(Nc2ccc(C=O)cc2)CC1. The Balaban J connectivity index is 1.91. The third-order valence-corrected chi connectivity index (χ3v) is 3.14. The fourth-order valence-corrected chi connectivity index (χ4v) is 2.05. The monoisotopic (exact) mass is 218 g/mol. The highest BCUT2D eigenvalue weighted by molar-refractivity contribution is 5.75. The number of carbonyl (C=O) groups is 1. The number of aldehydes is 1. The first-order chi connectivity index (χ1) is 7.78. The summed E-state index contributed by atoms with van der Waals surface area (Å²) in [5.41, 5.74) is 1.84. The smallest absolute Gasteiger partial charge is 0.150 e. The molecule has 1 aromatic rings. The largest absolute Gasteiger partial charge is 0.382 e. The number of anilines is 1. The Morgan fingerprint density at radius 3 is 2.44 bits per heavy atom. The van der Waals surface area contributed by atoms with Gasteiger partial charge in [0.25, 0.3) is 0 Å². The topological polar surface area (TPSA) is 32.3 Å². The van der Waals surface area contributed by atoms with Gasteiger partial charge in [0.15, 0.2) is 0 Å². The lowest BCUT2D eigenvalue weighted by Crippen LogP contribution is -2.36. The number of nitrogens with one attached hydrogen (secondary N) is 1. The van der Waals surface area contributed by atoms with Crippen LogP contribution in [0.4, 0.5) is 5.69 Å². The molecular formula is C13H18N2O. The first kappa shape index (κ1) is 11.1. The molecule has 0 aromatic heterocycles. The van der Waals surface area contributed by atoms with E-state index in [1.54, 1.807) is 0 Å². The number of benzene rings is 1. The number of hydrogen-bond donors (Lipinski definition) is 1. The average molecular weight is 218 g/mol. The first-order valence-electron chi connectivity index (χ1n) is 5.78. The van der Waals surface area contributed by atoms with E-state index in [0.29, 0.717) is 6.04 Å². The van der Waals surface area contributed by atoms with Crippen LogP contribution in [0.2, 0.25) is 0 Å². The predicted molar refractivity (Wildman–Crippen MR) is 66.0 cm³/mol. The van der Waals surface area contributed by atoms with Crippen molar-refractivity contribution in [2.24, 2.45) is 0 Å². The van der Waals surface area contributed by atoms with E-state index in [9.17, 15) is 4.79 Å². The maximum absolute atomic E-state index is 10.5. The van der Waals surface area contributed by atoms with Crippen LogP contribution >= 0.6 is 0 Å². The molecule has 0 saturated carbocycles. The molecule has 1 fully saturated rings. The summed E-state index contributed by atoms with van der Waals surface area (Å²) in [6.45, 7) is 2.31. The highest BCUT2D eigenvalue weighted by Crippen LogP contribution is 2.16. The fourth-order valence-electron chi connectivity index (χ4n) is 2.05. The van der Waals surface area contributed by atoms with Crippen molar-refractivity contribution >= 4 is 12.0 Å². The molecular weight excluding hydrogens is 200 g/mol. The van der Waals surface area contributed by atoms with Crippen LogP contribution in [0.1, 0.15) is 23.2 Å². The van der Waals surface area contributed by atoms with Crippen LogP contribution in [0.25, 0.3) is 0 Å². The molecule has 2 rings (SSSR count). The number of carbonyl (C=O) groups excluding carboxylic acids is 1. The predicted octanol–water partition coefficient (Wildman–Crippen LogP) is 2.01. The van der Waals surface area contributed by atoms with E-state index in [-0.39, 0.29) is 0 Å². The van der Waals surface area contributed by atoms with Gasteiger partial charge in [0, 0.05) is 17.3 Å².